The second kappa shape index (κ2) is 8.32. The van der Waals surface area contributed by atoms with Gasteiger partial charge in [0.25, 0.3) is 5.69 Å². The lowest BCUT2D eigenvalue weighted by molar-refractivity contribution is -0.387. The summed E-state index contributed by atoms with van der Waals surface area (Å²) >= 11 is 0. The minimum atomic E-state index is -4.49. The third kappa shape index (κ3) is 3.96. The first-order valence-electron chi connectivity index (χ1n) is 9.83. The third-order valence-corrected chi connectivity index (χ3v) is 7.44. The number of nitro groups is 1. The van der Waals surface area contributed by atoms with Gasteiger partial charge in [0.1, 0.15) is 11.1 Å². The summed E-state index contributed by atoms with van der Waals surface area (Å²) in [7, 11) is -4.49. The first-order chi connectivity index (χ1) is 15.0. The molecule has 2 unspecified atom stereocenters. The molecule has 170 valence electrons. The average molecular weight is 461 g/mol. The highest BCUT2D eigenvalue weighted by Gasteiger charge is 2.61. The highest BCUT2D eigenvalue weighted by atomic mass is 32.2. The number of hydrogen-bond acceptors (Lipinski definition) is 6. The van der Waals surface area contributed by atoms with Gasteiger partial charge in [-0.3, -0.25) is 14.9 Å². The summed E-state index contributed by atoms with van der Waals surface area (Å²) in [6, 6.07) is 13.5. The van der Waals surface area contributed by atoms with Gasteiger partial charge in [0.15, 0.2) is 4.90 Å². The molecule has 2 N–H and O–H groups in total. The number of rotatable bonds is 9. The average Bonchev–Trinajstić information content (AvgIpc) is 2.76. The fraction of sp³-hybridized carbons (Fsp3) is 0.333. The van der Waals surface area contributed by atoms with Crippen molar-refractivity contribution in [3.63, 3.8) is 0 Å². The molecule has 10 nitrogen and oxygen atoms in total. The monoisotopic (exact) mass is 461 g/mol. The van der Waals surface area contributed by atoms with E-state index in [0.717, 1.165) is 17.0 Å². The van der Waals surface area contributed by atoms with Gasteiger partial charge in [-0.05, 0) is 25.0 Å². The van der Waals surface area contributed by atoms with E-state index >= 15 is 0 Å². The van der Waals surface area contributed by atoms with Crippen LogP contribution >= 0.6 is 0 Å². The Morgan fingerprint density at radius 3 is 2.34 bits per heavy atom. The predicted octanol–water partition coefficient (Wildman–Crippen LogP) is 1.95. The Bertz CT molecular complexity index is 1170. The van der Waals surface area contributed by atoms with Crippen molar-refractivity contribution in [3.8, 4) is 0 Å². The first kappa shape index (κ1) is 23.4. The van der Waals surface area contributed by atoms with Crippen molar-refractivity contribution in [2.45, 2.75) is 42.7 Å². The summed E-state index contributed by atoms with van der Waals surface area (Å²) < 4.78 is 28.7. The second-order valence-electron chi connectivity index (χ2n) is 7.90. The Morgan fingerprint density at radius 1 is 1.22 bits per heavy atom. The largest absolute Gasteiger partial charge is 0.480 e. The summed E-state index contributed by atoms with van der Waals surface area (Å²) in [5.41, 5.74) is -3.15. The molecule has 2 aromatic carbocycles. The summed E-state index contributed by atoms with van der Waals surface area (Å²) in [6.45, 7) is 2.82. The van der Waals surface area contributed by atoms with Crippen LogP contribution in [0.2, 0.25) is 0 Å². The quantitative estimate of drug-likeness (QED) is 0.329. The number of carbonyl (C=O) groups excluding carboxylic acids is 1. The number of nitro benzene ring substituents is 1. The van der Waals surface area contributed by atoms with Crippen LogP contribution in [0.15, 0.2) is 59.5 Å². The molecule has 2 aromatic rings. The van der Waals surface area contributed by atoms with Crippen molar-refractivity contribution >= 4 is 27.6 Å². The number of likely N-dealkylation sites (tertiary alicyclic amines) is 1. The molecular weight excluding hydrogens is 438 g/mol. The Balaban J connectivity index is 2.03. The van der Waals surface area contributed by atoms with E-state index in [1.165, 1.54) is 19.1 Å². The van der Waals surface area contributed by atoms with Crippen LogP contribution in [0.3, 0.4) is 0 Å². The number of carboxylic acids is 1. The zero-order valence-corrected chi connectivity index (χ0v) is 18.3. The van der Waals surface area contributed by atoms with E-state index in [2.05, 4.69) is 4.72 Å². The topological polar surface area (TPSA) is 147 Å². The molecular formula is C21H23N3O7S. The number of carboxylic acid groups (broad SMARTS) is 1. The van der Waals surface area contributed by atoms with Crippen molar-refractivity contribution in [2.24, 2.45) is 0 Å². The Hall–Kier alpha value is -3.31. The summed E-state index contributed by atoms with van der Waals surface area (Å²) in [5.74, 6) is -1.90. The number of aliphatic carboxylic acids is 1. The number of nitrogens with zero attached hydrogens (tertiary/aromatic N) is 2. The number of amides is 1. The van der Waals surface area contributed by atoms with Gasteiger partial charge in [-0.15, -0.1) is 0 Å². The molecule has 2 atom stereocenters. The van der Waals surface area contributed by atoms with Crippen LogP contribution < -0.4 is 4.72 Å². The van der Waals surface area contributed by atoms with Crippen molar-refractivity contribution in [2.75, 3.05) is 6.54 Å². The molecule has 0 saturated carbocycles. The van der Waals surface area contributed by atoms with E-state index in [0.29, 0.717) is 5.56 Å². The van der Waals surface area contributed by atoms with Gasteiger partial charge in [-0.1, -0.05) is 49.4 Å². The van der Waals surface area contributed by atoms with E-state index in [1.54, 1.807) is 37.3 Å². The highest BCUT2D eigenvalue weighted by molar-refractivity contribution is 7.89. The molecule has 0 radical (unpaired) electrons. The second-order valence-corrected chi connectivity index (χ2v) is 9.55. The molecule has 1 amide bonds. The number of β-lactam (4-membered cyclic amide) rings is 1. The predicted molar refractivity (Wildman–Crippen MR) is 114 cm³/mol. The highest BCUT2D eigenvalue weighted by Crippen LogP contribution is 2.37. The molecule has 0 bridgehead atoms. The number of benzene rings is 2. The molecule has 0 aliphatic carbocycles. The number of carbonyl (C=O) groups is 2. The molecule has 32 heavy (non-hydrogen) atoms. The molecule has 1 heterocycles. The van der Waals surface area contributed by atoms with Crippen molar-refractivity contribution in [3.05, 3.63) is 70.3 Å². The standard InChI is InChI=1S/C21H23N3O7S/c1-3-20(2,19(26)27)23-14-21(18(23)25,13-15-9-5-4-6-10-15)22-32(30,31)17-12-8-7-11-16(17)24(28)29/h4-12,22H,3,13-14H2,1-2H3,(H,26,27). The third-order valence-electron chi connectivity index (χ3n) is 5.86. The number of nitrogens with one attached hydrogen (secondary N) is 1. The lowest BCUT2D eigenvalue weighted by Gasteiger charge is -2.54. The summed E-state index contributed by atoms with van der Waals surface area (Å²) in [6.07, 6.45) is 0.0782. The van der Waals surface area contributed by atoms with Gasteiger partial charge in [-0.2, -0.15) is 4.72 Å². The first-order valence-corrected chi connectivity index (χ1v) is 11.3. The lowest BCUT2D eigenvalue weighted by atomic mass is 9.78. The SMILES string of the molecule is CCC(C)(C(=O)O)N1CC(Cc2ccccc2)(NS(=O)(=O)c2ccccc2[N+](=O)[O-])C1=O. The van der Waals surface area contributed by atoms with Gasteiger partial charge in [0, 0.05) is 12.5 Å². The van der Waals surface area contributed by atoms with Crippen LogP contribution in [0, 0.1) is 10.1 Å². The molecule has 0 spiro atoms. The van der Waals surface area contributed by atoms with E-state index in [4.69, 9.17) is 0 Å². The maximum atomic E-state index is 13.3. The molecule has 0 aromatic heterocycles. The molecule has 3 rings (SSSR count). The summed E-state index contributed by atoms with van der Waals surface area (Å²) in [5, 5.41) is 21.0. The number of hydrogen-bond donors (Lipinski definition) is 2. The van der Waals surface area contributed by atoms with Gasteiger partial charge >= 0.3 is 5.97 Å². The van der Waals surface area contributed by atoms with Crippen LogP contribution in [0.4, 0.5) is 5.69 Å². The van der Waals surface area contributed by atoms with Crippen LogP contribution in [0.5, 0.6) is 0 Å². The fourth-order valence-corrected chi connectivity index (χ4v) is 5.29. The van der Waals surface area contributed by atoms with Crippen LogP contribution in [-0.2, 0) is 26.0 Å². The van der Waals surface area contributed by atoms with Crippen molar-refractivity contribution < 1.29 is 28.0 Å². The van der Waals surface area contributed by atoms with E-state index in [1.807, 2.05) is 0 Å². The Morgan fingerprint density at radius 2 is 1.81 bits per heavy atom. The van der Waals surface area contributed by atoms with Crippen LogP contribution in [-0.4, -0.2) is 52.8 Å². The van der Waals surface area contributed by atoms with Crippen molar-refractivity contribution in [1.82, 2.24) is 9.62 Å². The molecule has 1 fully saturated rings. The minimum Gasteiger partial charge on any atom is -0.480 e. The van der Waals surface area contributed by atoms with Crippen molar-refractivity contribution in [1.29, 1.82) is 0 Å². The zero-order valence-electron chi connectivity index (χ0n) is 17.5. The van der Waals surface area contributed by atoms with Crippen LogP contribution in [0.1, 0.15) is 25.8 Å². The maximum Gasteiger partial charge on any atom is 0.329 e. The van der Waals surface area contributed by atoms with E-state index < -0.39 is 48.5 Å². The molecule has 1 aliphatic rings. The molecule has 1 saturated heterocycles. The van der Waals surface area contributed by atoms with Gasteiger partial charge in [0.05, 0.1) is 11.5 Å². The fourth-order valence-electron chi connectivity index (χ4n) is 3.77. The maximum absolute atomic E-state index is 13.3. The normalized spacial score (nSPS) is 20.3. The van der Waals surface area contributed by atoms with E-state index in [-0.39, 0.29) is 19.4 Å². The molecule has 11 heteroatoms. The van der Waals surface area contributed by atoms with Gasteiger partial charge in [0.2, 0.25) is 15.9 Å². The smallest absolute Gasteiger partial charge is 0.329 e. The van der Waals surface area contributed by atoms with E-state index in [9.17, 15) is 33.2 Å². The number of para-hydroxylation sites is 1. The zero-order chi connectivity index (χ0) is 23.7. The van der Waals surface area contributed by atoms with Gasteiger partial charge < -0.3 is 10.0 Å². The Labute approximate surface area is 185 Å². The van der Waals surface area contributed by atoms with Gasteiger partial charge in [-0.25, -0.2) is 13.2 Å². The molecule has 1 aliphatic heterocycles. The summed E-state index contributed by atoms with van der Waals surface area (Å²) in [4.78, 5) is 36.2. The lowest BCUT2D eigenvalue weighted by Crippen LogP contribution is -2.80. The minimum absolute atomic E-state index is 0.0392. The number of sulfonamides is 1. The van der Waals surface area contributed by atoms with Crippen LogP contribution in [0.25, 0.3) is 0 Å². The Kier molecular flexibility index (Phi) is 6.07.